The Labute approximate surface area is 131 Å². The molecular formula is C14H15ClN6O. The molecule has 7 nitrogen and oxygen atoms in total. The topological polar surface area (TPSA) is 77.6 Å². The molecule has 0 bridgehead atoms. The summed E-state index contributed by atoms with van der Waals surface area (Å²) in [6.45, 7) is 3.11. The second-order valence-electron chi connectivity index (χ2n) is 4.77. The number of nitrogens with one attached hydrogen (secondary N) is 1. The average Bonchev–Trinajstić information content (AvgIpc) is 3.09. The fourth-order valence-electron chi connectivity index (χ4n) is 2.24. The van der Waals surface area contributed by atoms with Crippen molar-refractivity contribution in [3.63, 3.8) is 0 Å². The van der Waals surface area contributed by atoms with E-state index in [2.05, 4.69) is 20.7 Å². The van der Waals surface area contributed by atoms with Crippen molar-refractivity contribution in [2.45, 2.75) is 26.6 Å². The van der Waals surface area contributed by atoms with Crippen molar-refractivity contribution in [1.29, 1.82) is 0 Å². The molecule has 3 aromatic rings. The molecule has 0 radical (unpaired) electrons. The normalized spacial score (nSPS) is 11.0. The van der Waals surface area contributed by atoms with Crippen LogP contribution in [-0.2, 0) is 24.4 Å². The van der Waals surface area contributed by atoms with Crippen molar-refractivity contribution in [2.75, 3.05) is 0 Å². The predicted octanol–water partition coefficient (Wildman–Crippen LogP) is 1.62. The smallest absolute Gasteiger partial charge is 0.242 e. The SMILES string of the molecule is CCn1ncc(Cl)c1CNC(=O)Cn1nnc2ccccc21. The summed E-state index contributed by atoms with van der Waals surface area (Å²) in [6.07, 6.45) is 1.58. The lowest BCUT2D eigenvalue weighted by Gasteiger charge is -2.08. The van der Waals surface area contributed by atoms with Crippen LogP contribution >= 0.6 is 11.6 Å². The molecule has 0 aliphatic rings. The summed E-state index contributed by atoms with van der Waals surface area (Å²) in [5, 5.41) is 15.5. The molecule has 22 heavy (non-hydrogen) atoms. The van der Waals surface area contributed by atoms with Crippen LogP contribution in [0.3, 0.4) is 0 Å². The van der Waals surface area contributed by atoms with E-state index in [0.29, 0.717) is 18.1 Å². The number of carbonyl (C=O) groups is 1. The minimum absolute atomic E-state index is 0.110. The molecule has 114 valence electrons. The molecule has 8 heteroatoms. The Morgan fingerprint density at radius 3 is 2.95 bits per heavy atom. The van der Waals surface area contributed by atoms with E-state index in [9.17, 15) is 4.79 Å². The number of nitrogens with zero attached hydrogens (tertiary/aromatic N) is 5. The van der Waals surface area contributed by atoms with Gasteiger partial charge in [0.2, 0.25) is 5.91 Å². The predicted molar refractivity (Wildman–Crippen MR) is 82.3 cm³/mol. The first-order valence-electron chi connectivity index (χ1n) is 6.94. The zero-order valence-corrected chi connectivity index (χ0v) is 12.8. The lowest BCUT2D eigenvalue weighted by Crippen LogP contribution is -2.28. The van der Waals surface area contributed by atoms with Gasteiger partial charge in [0.25, 0.3) is 0 Å². The van der Waals surface area contributed by atoms with E-state index in [1.165, 1.54) is 0 Å². The number of halogens is 1. The number of rotatable bonds is 5. The van der Waals surface area contributed by atoms with Gasteiger partial charge < -0.3 is 5.32 Å². The van der Waals surface area contributed by atoms with E-state index in [0.717, 1.165) is 16.7 Å². The Hall–Kier alpha value is -2.41. The van der Waals surface area contributed by atoms with Gasteiger partial charge in [0.15, 0.2) is 0 Å². The first-order valence-corrected chi connectivity index (χ1v) is 7.32. The van der Waals surface area contributed by atoms with Gasteiger partial charge in [-0.25, -0.2) is 4.68 Å². The van der Waals surface area contributed by atoms with Crippen LogP contribution in [0.25, 0.3) is 11.0 Å². The fraction of sp³-hybridized carbons (Fsp3) is 0.286. The van der Waals surface area contributed by atoms with Crippen LogP contribution in [0.15, 0.2) is 30.5 Å². The highest BCUT2D eigenvalue weighted by Crippen LogP contribution is 2.14. The summed E-state index contributed by atoms with van der Waals surface area (Å²) in [4.78, 5) is 12.1. The monoisotopic (exact) mass is 318 g/mol. The van der Waals surface area contributed by atoms with Gasteiger partial charge in [-0.15, -0.1) is 5.10 Å². The zero-order chi connectivity index (χ0) is 15.5. The lowest BCUT2D eigenvalue weighted by atomic mass is 10.3. The zero-order valence-electron chi connectivity index (χ0n) is 12.0. The van der Waals surface area contributed by atoms with Gasteiger partial charge >= 0.3 is 0 Å². The number of aromatic nitrogens is 5. The average molecular weight is 319 g/mol. The largest absolute Gasteiger partial charge is 0.349 e. The van der Waals surface area contributed by atoms with E-state index in [4.69, 9.17) is 11.6 Å². The van der Waals surface area contributed by atoms with E-state index in [1.54, 1.807) is 15.6 Å². The Morgan fingerprint density at radius 1 is 1.32 bits per heavy atom. The summed E-state index contributed by atoms with van der Waals surface area (Å²) in [6, 6.07) is 7.51. The van der Waals surface area contributed by atoms with Crippen LogP contribution < -0.4 is 5.32 Å². The van der Waals surface area contributed by atoms with E-state index < -0.39 is 0 Å². The first-order chi connectivity index (χ1) is 10.7. The van der Waals surface area contributed by atoms with Crippen molar-refractivity contribution < 1.29 is 4.79 Å². The van der Waals surface area contributed by atoms with Crippen molar-refractivity contribution in [1.82, 2.24) is 30.1 Å². The number of hydrogen-bond acceptors (Lipinski definition) is 4. The Balaban J connectivity index is 1.67. The molecule has 0 aliphatic carbocycles. The lowest BCUT2D eigenvalue weighted by molar-refractivity contribution is -0.122. The van der Waals surface area contributed by atoms with Gasteiger partial charge in [-0.1, -0.05) is 28.9 Å². The highest BCUT2D eigenvalue weighted by Gasteiger charge is 2.11. The first kappa shape index (κ1) is 14.5. The summed E-state index contributed by atoms with van der Waals surface area (Å²) >= 11 is 6.07. The molecule has 0 unspecified atom stereocenters. The van der Waals surface area contributed by atoms with Crippen LogP contribution in [0.4, 0.5) is 0 Å². The molecular weight excluding hydrogens is 304 g/mol. The van der Waals surface area contributed by atoms with Crippen molar-refractivity contribution in [3.8, 4) is 0 Å². The van der Waals surface area contributed by atoms with Gasteiger partial charge in [-0.05, 0) is 19.1 Å². The number of carbonyl (C=O) groups excluding carboxylic acids is 1. The van der Waals surface area contributed by atoms with Crippen LogP contribution in [0.1, 0.15) is 12.6 Å². The van der Waals surface area contributed by atoms with Crippen LogP contribution in [0.2, 0.25) is 5.02 Å². The molecule has 1 N–H and O–H groups in total. The number of benzene rings is 1. The van der Waals surface area contributed by atoms with Gasteiger partial charge in [-0.3, -0.25) is 9.48 Å². The van der Waals surface area contributed by atoms with Crippen molar-refractivity contribution in [2.24, 2.45) is 0 Å². The molecule has 0 fully saturated rings. The molecule has 3 rings (SSSR count). The molecule has 0 saturated carbocycles. The van der Waals surface area contributed by atoms with E-state index in [-0.39, 0.29) is 12.5 Å². The number of aryl methyl sites for hydroxylation is 1. The maximum Gasteiger partial charge on any atom is 0.242 e. The Bertz CT molecular complexity index is 809. The van der Waals surface area contributed by atoms with Crippen LogP contribution in [0.5, 0.6) is 0 Å². The molecule has 0 atom stereocenters. The standard InChI is InChI=1S/C14H15ClN6O/c1-2-20-13(10(15)7-17-20)8-16-14(22)9-21-12-6-4-3-5-11(12)18-19-21/h3-7H,2,8-9H2,1H3,(H,16,22). The number of amides is 1. The summed E-state index contributed by atoms with van der Waals surface area (Å²) < 4.78 is 3.33. The summed E-state index contributed by atoms with van der Waals surface area (Å²) in [5.41, 5.74) is 2.39. The number of fused-ring (bicyclic) bond motifs is 1. The number of hydrogen-bond donors (Lipinski definition) is 1. The van der Waals surface area contributed by atoms with E-state index >= 15 is 0 Å². The summed E-state index contributed by atoms with van der Waals surface area (Å²) in [5.74, 6) is -0.157. The third-order valence-electron chi connectivity index (χ3n) is 3.36. The fourth-order valence-corrected chi connectivity index (χ4v) is 2.45. The quantitative estimate of drug-likeness (QED) is 0.775. The third kappa shape index (κ3) is 2.80. The molecule has 0 saturated heterocycles. The van der Waals surface area contributed by atoms with Crippen LogP contribution in [-0.4, -0.2) is 30.7 Å². The number of para-hydroxylation sites is 1. The molecule has 1 amide bonds. The van der Waals surface area contributed by atoms with Gasteiger partial charge in [0.1, 0.15) is 12.1 Å². The van der Waals surface area contributed by atoms with Crippen molar-refractivity contribution >= 4 is 28.5 Å². The second-order valence-corrected chi connectivity index (χ2v) is 5.17. The van der Waals surface area contributed by atoms with Crippen molar-refractivity contribution in [3.05, 3.63) is 41.2 Å². The summed E-state index contributed by atoms with van der Waals surface area (Å²) in [7, 11) is 0. The minimum Gasteiger partial charge on any atom is -0.349 e. The van der Waals surface area contributed by atoms with Gasteiger partial charge in [-0.2, -0.15) is 5.10 Å². The molecule has 2 aromatic heterocycles. The highest BCUT2D eigenvalue weighted by molar-refractivity contribution is 6.31. The van der Waals surface area contributed by atoms with Gasteiger partial charge in [0.05, 0.1) is 29.0 Å². The Kier molecular flexibility index (Phi) is 4.06. The minimum atomic E-state index is -0.157. The molecule has 2 heterocycles. The maximum atomic E-state index is 12.1. The van der Waals surface area contributed by atoms with E-state index in [1.807, 2.05) is 31.2 Å². The van der Waals surface area contributed by atoms with Gasteiger partial charge in [0, 0.05) is 6.54 Å². The molecule has 0 aliphatic heterocycles. The molecule has 1 aromatic carbocycles. The highest BCUT2D eigenvalue weighted by atomic mass is 35.5. The maximum absolute atomic E-state index is 12.1. The Morgan fingerprint density at radius 2 is 2.14 bits per heavy atom. The second kappa shape index (κ2) is 6.15. The molecule has 0 spiro atoms. The van der Waals surface area contributed by atoms with Crippen LogP contribution in [0, 0.1) is 0 Å². The third-order valence-corrected chi connectivity index (χ3v) is 3.68.